The number of esters is 1. The third-order valence-electron chi connectivity index (χ3n) is 3.01. The van der Waals surface area contributed by atoms with E-state index < -0.39 is 0 Å². The van der Waals surface area contributed by atoms with E-state index in [4.69, 9.17) is 0 Å². The first kappa shape index (κ1) is 14.7. The molecule has 0 unspecified atom stereocenters. The average Bonchev–Trinajstić information content (AvgIpc) is 2.57. The van der Waals surface area contributed by atoms with Gasteiger partial charge in [-0.3, -0.25) is 9.78 Å². The van der Waals surface area contributed by atoms with Crippen molar-refractivity contribution in [3.8, 4) is 0 Å². The van der Waals surface area contributed by atoms with Gasteiger partial charge < -0.3 is 4.74 Å². The molecular weight excluding hydrogens is 262 g/mol. The van der Waals surface area contributed by atoms with E-state index in [1.807, 2.05) is 60.7 Å². The molecule has 0 radical (unpaired) electrons. The Kier molecular flexibility index (Phi) is 5.47. The summed E-state index contributed by atoms with van der Waals surface area (Å²) < 4.78 is 4.66. The number of carbonyl (C=O) groups is 1. The maximum absolute atomic E-state index is 11.2. The van der Waals surface area contributed by atoms with Gasteiger partial charge in [-0.2, -0.15) is 0 Å². The molecule has 0 atom stereocenters. The van der Waals surface area contributed by atoms with Crippen LogP contribution in [0.4, 0.5) is 0 Å². The molecule has 3 heteroatoms. The highest BCUT2D eigenvalue weighted by atomic mass is 16.5. The molecule has 0 aliphatic rings. The molecule has 106 valence electrons. The number of nitrogens with zero attached hydrogens (tertiary/aromatic N) is 1. The van der Waals surface area contributed by atoms with Crippen LogP contribution in [0.15, 0.2) is 73.1 Å². The van der Waals surface area contributed by atoms with Gasteiger partial charge in [0, 0.05) is 12.4 Å². The van der Waals surface area contributed by atoms with Gasteiger partial charge in [-0.25, -0.2) is 0 Å². The lowest BCUT2D eigenvalue weighted by atomic mass is 10.0. The maximum Gasteiger partial charge on any atom is 0.309 e. The van der Waals surface area contributed by atoms with Gasteiger partial charge in [-0.05, 0) is 28.5 Å². The Hall–Kier alpha value is -2.68. The first-order valence-electron chi connectivity index (χ1n) is 6.69. The Morgan fingerprint density at radius 3 is 2.29 bits per heavy atom. The Bertz CT molecular complexity index is 664. The second-order valence-electron chi connectivity index (χ2n) is 4.42. The molecule has 0 spiro atoms. The SMILES string of the molecule is COC(=O)Cc1cccc2ccccc12.c1ccncc1. The van der Waals surface area contributed by atoms with Crippen molar-refractivity contribution in [3.63, 3.8) is 0 Å². The quantitative estimate of drug-likeness (QED) is 0.672. The summed E-state index contributed by atoms with van der Waals surface area (Å²) in [5, 5.41) is 2.27. The van der Waals surface area contributed by atoms with Crippen molar-refractivity contribution in [2.24, 2.45) is 0 Å². The molecule has 0 fully saturated rings. The molecule has 2 aromatic carbocycles. The third kappa shape index (κ3) is 4.42. The molecule has 21 heavy (non-hydrogen) atoms. The Balaban J connectivity index is 0.000000225. The highest BCUT2D eigenvalue weighted by Crippen LogP contribution is 2.18. The Labute approximate surface area is 124 Å². The predicted molar refractivity (Wildman–Crippen MR) is 83.9 cm³/mol. The number of rotatable bonds is 2. The molecular formula is C18H17NO2. The van der Waals surface area contributed by atoms with Gasteiger partial charge >= 0.3 is 5.97 Å². The van der Waals surface area contributed by atoms with Gasteiger partial charge in [0.25, 0.3) is 0 Å². The lowest BCUT2D eigenvalue weighted by Gasteiger charge is -2.04. The summed E-state index contributed by atoms with van der Waals surface area (Å²) in [7, 11) is 1.41. The standard InChI is InChI=1S/C13H12O2.C5H5N/c1-15-13(14)9-11-7-4-6-10-5-2-3-8-12(10)11;1-2-4-6-5-3-1/h2-8H,9H2,1H3;1-5H. The fourth-order valence-corrected chi connectivity index (χ4v) is 1.99. The molecule has 0 saturated carbocycles. The number of fused-ring (bicyclic) bond motifs is 1. The van der Waals surface area contributed by atoms with Gasteiger partial charge in [-0.15, -0.1) is 0 Å². The zero-order chi connectivity index (χ0) is 14.9. The summed E-state index contributed by atoms with van der Waals surface area (Å²) in [5.74, 6) is -0.202. The van der Waals surface area contributed by atoms with Gasteiger partial charge in [0.1, 0.15) is 0 Å². The second kappa shape index (κ2) is 7.80. The Morgan fingerprint density at radius 1 is 0.952 bits per heavy atom. The normalized spacial score (nSPS) is 9.57. The molecule has 0 aliphatic carbocycles. The fourth-order valence-electron chi connectivity index (χ4n) is 1.99. The largest absolute Gasteiger partial charge is 0.469 e. The molecule has 0 bridgehead atoms. The van der Waals surface area contributed by atoms with E-state index in [0.717, 1.165) is 16.3 Å². The minimum atomic E-state index is -0.202. The number of hydrogen-bond acceptors (Lipinski definition) is 3. The summed E-state index contributed by atoms with van der Waals surface area (Å²) in [5.41, 5.74) is 1.01. The number of ether oxygens (including phenoxy) is 1. The van der Waals surface area contributed by atoms with Crippen molar-refractivity contribution in [2.45, 2.75) is 6.42 Å². The van der Waals surface area contributed by atoms with Crippen molar-refractivity contribution in [1.82, 2.24) is 4.98 Å². The van der Waals surface area contributed by atoms with Crippen LogP contribution in [0.3, 0.4) is 0 Å². The van der Waals surface area contributed by atoms with E-state index in [0.29, 0.717) is 6.42 Å². The van der Waals surface area contributed by atoms with Crippen molar-refractivity contribution in [2.75, 3.05) is 7.11 Å². The molecule has 3 rings (SSSR count). The summed E-state index contributed by atoms with van der Waals surface area (Å²) >= 11 is 0. The Morgan fingerprint density at radius 2 is 1.67 bits per heavy atom. The van der Waals surface area contributed by atoms with Crippen molar-refractivity contribution < 1.29 is 9.53 Å². The molecule has 0 N–H and O–H groups in total. The molecule has 0 aliphatic heterocycles. The lowest BCUT2D eigenvalue weighted by Crippen LogP contribution is -2.04. The van der Waals surface area contributed by atoms with Gasteiger partial charge in [-0.1, -0.05) is 48.5 Å². The molecule has 3 aromatic rings. The van der Waals surface area contributed by atoms with Crippen LogP contribution in [0.5, 0.6) is 0 Å². The summed E-state index contributed by atoms with van der Waals surface area (Å²) in [4.78, 5) is 15.0. The first-order valence-corrected chi connectivity index (χ1v) is 6.69. The van der Waals surface area contributed by atoms with E-state index in [9.17, 15) is 4.79 Å². The third-order valence-corrected chi connectivity index (χ3v) is 3.01. The first-order chi connectivity index (χ1) is 10.3. The van der Waals surface area contributed by atoms with Crippen LogP contribution in [-0.2, 0) is 16.0 Å². The molecule has 3 nitrogen and oxygen atoms in total. The molecule has 1 heterocycles. The zero-order valence-electron chi connectivity index (χ0n) is 11.9. The second-order valence-corrected chi connectivity index (χ2v) is 4.42. The van der Waals surface area contributed by atoms with E-state index >= 15 is 0 Å². The fraction of sp³-hybridized carbons (Fsp3) is 0.111. The minimum absolute atomic E-state index is 0.202. The van der Waals surface area contributed by atoms with Gasteiger partial charge in [0.15, 0.2) is 0 Å². The number of methoxy groups -OCH3 is 1. The smallest absolute Gasteiger partial charge is 0.309 e. The van der Waals surface area contributed by atoms with Crippen molar-refractivity contribution >= 4 is 16.7 Å². The number of pyridine rings is 1. The average molecular weight is 279 g/mol. The maximum atomic E-state index is 11.2. The van der Waals surface area contributed by atoms with Gasteiger partial charge in [0.05, 0.1) is 13.5 Å². The topological polar surface area (TPSA) is 39.2 Å². The monoisotopic (exact) mass is 279 g/mol. The number of aromatic nitrogens is 1. The van der Waals surface area contributed by atoms with E-state index in [1.54, 1.807) is 12.4 Å². The van der Waals surface area contributed by atoms with Crippen LogP contribution < -0.4 is 0 Å². The summed E-state index contributed by atoms with van der Waals surface area (Å²) in [6, 6.07) is 19.7. The van der Waals surface area contributed by atoms with E-state index in [2.05, 4.69) is 9.72 Å². The highest BCUT2D eigenvalue weighted by molar-refractivity contribution is 5.88. The van der Waals surface area contributed by atoms with Crippen molar-refractivity contribution in [1.29, 1.82) is 0 Å². The lowest BCUT2D eigenvalue weighted by molar-refractivity contribution is -0.139. The van der Waals surface area contributed by atoms with Crippen LogP contribution in [-0.4, -0.2) is 18.1 Å². The minimum Gasteiger partial charge on any atom is -0.469 e. The molecule has 1 aromatic heterocycles. The predicted octanol–water partition coefficient (Wildman–Crippen LogP) is 3.64. The van der Waals surface area contributed by atoms with Crippen LogP contribution >= 0.6 is 0 Å². The summed E-state index contributed by atoms with van der Waals surface area (Å²) in [6.45, 7) is 0. The zero-order valence-corrected chi connectivity index (χ0v) is 11.9. The van der Waals surface area contributed by atoms with Crippen LogP contribution in [0.25, 0.3) is 10.8 Å². The number of hydrogen-bond donors (Lipinski definition) is 0. The molecule has 0 saturated heterocycles. The van der Waals surface area contributed by atoms with E-state index in [-0.39, 0.29) is 5.97 Å². The number of carbonyl (C=O) groups excluding carboxylic acids is 1. The van der Waals surface area contributed by atoms with Crippen LogP contribution in [0, 0.1) is 0 Å². The molecule has 0 amide bonds. The van der Waals surface area contributed by atoms with Crippen LogP contribution in [0.1, 0.15) is 5.56 Å². The number of benzene rings is 2. The van der Waals surface area contributed by atoms with Crippen molar-refractivity contribution in [3.05, 3.63) is 78.6 Å². The highest BCUT2D eigenvalue weighted by Gasteiger charge is 2.05. The van der Waals surface area contributed by atoms with Gasteiger partial charge in [0.2, 0.25) is 0 Å². The van der Waals surface area contributed by atoms with Crippen LogP contribution in [0.2, 0.25) is 0 Å². The van der Waals surface area contributed by atoms with E-state index in [1.165, 1.54) is 7.11 Å². The summed E-state index contributed by atoms with van der Waals surface area (Å²) in [6.07, 6.45) is 3.83.